The monoisotopic (exact) mass is 416 g/mol. The van der Waals surface area contributed by atoms with Crippen molar-refractivity contribution in [2.24, 2.45) is 0 Å². The van der Waals surface area contributed by atoms with Gasteiger partial charge in [-0.3, -0.25) is 9.59 Å². The van der Waals surface area contributed by atoms with E-state index in [9.17, 15) is 9.59 Å². The minimum absolute atomic E-state index is 0. The van der Waals surface area contributed by atoms with Crippen LogP contribution in [0.5, 0.6) is 0 Å². The number of hydrogen-bond acceptors (Lipinski definition) is 2. The molecule has 0 aliphatic carbocycles. The van der Waals surface area contributed by atoms with Crippen LogP contribution in [-0.2, 0) is 22.7 Å². The third-order valence-corrected chi connectivity index (χ3v) is 3.92. The number of imidazole rings is 1. The van der Waals surface area contributed by atoms with Crippen molar-refractivity contribution >= 4 is 35.1 Å². The van der Waals surface area contributed by atoms with E-state index >= 15 is 0 Å². The summed E-state index contributed by atoms with van der Waals surface area (Å²) in [6, 6.07) is 0. The zero-order chi connectivity index (χ0) is 15.8. The summed E-state index contributed by atoms with van der Waals surface area (Å²) >= 11 is 12.2. The van der Waals surface area contributed by atoms with Gasteiger partial charge >= 0.3 is 11.9 Å². The van der Waals surface area contributed by atoms with Crippen molar-refractivity contribution < 1.29 is 41.4 Å². The summed E-state index contributed by atoms with van der Waals surface area (Å²) < 4.78 is 3.56. The Balaban J connectivity index is 0.00000441. The molecule has 9 heteroatoms. The molecule has 0 aliphatic rings. The quantitative estimate of drug-likeness (QED) is 0.400. The van der Waals surface area contributed by atoms with Gasteiger partial charge in [-0.1, -0.05) is 0 Å². The van der Waals surface area contributed by atoms with Gasteiger partial charge in [0.05, 0.1) is 13.1 Å². The van der Waals surface area contributed by atoms with Gasteiger partial charge < -0.3 is 27.2 Å². The van der Waals surface area contributed by atoms with Crippen LogP contribution in [0.2, 0.25) is 10.3 Å². The first-order valence-electron chi connectivity index (χ1n) is 6.79. The van der Waals surface area contributed by atoms with Crippen molar-refractivity contribution in [3.8, 4) is 0 Å². The third-order valence-electron chi connectivity index (χ3n) is 3.03. The zero-order valence-electron chi connectivity index (χ0n) is 12.0. The van der Waals surface area contributed by atoms with Gasteiger partial charge in [-0.05, 0) is 48.9 Å². The number of carboxylic acids is 2. The summed E-state index contributed by atoms with van der Waals surface area (Å²) in [5.74, 6) is -1.61. The first kappa shape index (κ1) is 21.2. The van der Waals surface area contributed by atoms with E-state index < -0.39 is 11.9 Å². The van der Waals surface area contributed by atoms with Crippen LogP contribution in [0.15, 0.2) is 6.33 Å². The Kier molecular flexibility index (Phi) is 10.5. The molecule has 0 atom stereocenters. The fraction of sp³-hybridized carbons (Fsp3) is 0.615. The van der Waals surface area contributed by atoms with E-state index in [0.717, 1.165) is 0 Å². The molecule has 0 radical (unpaired) electrons. The number of hydrogen-bond donors (Lipinski definition) is 2. The van der Waals surface area contributed by atoms with Gasteiger partial charge in [0.15, 0.2) is 0 Å². The maximum absolute atomic E-state index is 10.4. The van der Waals surface area contributed by atoms with E-state index in [4.69, 9.17) is 33.4 Å². The first-order valence-corrected chi connectivity index (χ1v) is 7.54. The van der Waals surface area contributed by atoms with Crippen LogP contribution in [0, 0.1) is 0 Å². The molecule has 0 aromatic carbocycles. The second-order valence-corrected chi connectivity index (χ2v) is 5.50. The number of aliphatic carboxylic acids is 2. The topological polar surface area (TPSA) is 83.4 Å². The Labute approximate surface area is 149 Å². The van der Waals surface area contributed by atoms with Crippen molar-refractivity contribution in [3.63, 3.8) is 0 Å². The SMILES string of the molecule is O=C(O)CCCCn1c[n+](CCCCC(=O)O)c(Cl)c1Cl.[Br-]. The highest BCUT2D eigenvalue weighted by molar-refractivity contribution is 6.39. The van der Waals surface area contributed by atoms with Crippen molar-refractivity contribution in [2.45, 2.75) is 51.6 Å². The number of aryl methyl sites for hydroxylation is 2. The Hall–Kier alpha value is -0.790. The van der Waals surface area contributed by atoms with Crippen LogP contribution in [0.1, 0.15) is 38.5 Å². The normalized spacial score (nSPS) is 10.3. The number of halogens is 3. The molecule has 6 nitrogen and oxygen atoms in total. The Morgan fingerprint density at radius 2 is 1.59 bits per heavy atom. The Morgan fingerprint density at radius 1 is 1.05 bits per heavy atom. The van der Waals surface area contributed by atoms with Gasteiger partial charge in [-0.2, -0.15) is 0 Å². The highest BCUT2D eigenvalue weighted by Gasteiger charge is 2.19. The van der Waals surface area contributed by atoms with Crippen molar-refractivity contribution in [1.82, 2.24) is 4.57 Å². The van der Waals surface area contributed by atoms with E-state index in [1.54, 1.807) is 15.5 Å². The molecule has 2 N–H and O–H groups in total. The largest absolute Gasteiger partial charge is 1.00 e. The van der Waals surface area contributed by atoms with Crippen LogP contribution in [0.3, 0.4) is 0 Å². The second kappa shape index (κ2) is 10.9. The van der Waals surface area contributed by atoms with Crippen molar-refractivity contribution in [2.75, 3.05) is 0 Å². The summed E-state index contributed by atoms with van der Waals surface area (Å²) in [5.41, 5.74) is 0. The molecule has 0 amide bonds. The minimum atomic E-state index is -0.805. The molecule has 0 saturated heterocycles. The maximum atomic E-state index is 10.4. The van der Waals surface area contributed by atoms with Crippen LogP contribution < -0.4 is 21.5 Å². The molecule has 0 bridgehead atoms. The maximum Gasteiger partial charge on any atom is 0.303 e. The zero-order valence-corrected chi connectivity index (χ0v) is 15.1. The lowest BCUT2D eigenvalue weighted by Crippen LogP contribution is -3.00. The summed E-state index contributed by atoms with van der Waals surface area (Å²) in [6.45, 7) is 1.21. The highest BCUT2D eigenvalue weighted by Crippen LogP contribution is 2.19. The molecule has 0 unspecified atom stereocenters. The molecule has 1 rings (SSSR count). The summed E-state index contributed by atoms with van der Waals surface area (Å²) in [5, 5.41) is 18.0. The van der Waals surface area contributed by atoms with Gasteiger partial charge in [0.25, 0.3) is 10.3 Å². The molecule has 1 aromatic heterocycles. The lowest BCUT2D eigenvalue weighted by atomic mass is 10.2. The van der Waals surface area contributed by atoms with Crippen LogP contribution in [0.4, 0.5) is 0 Å². The van der Waals surface area contributed by atoms with E-state index in [1.807, 2.05) is 0 Å². The predicted molar refractivity (Wildman–Crippen MR) is 77.6 cm³/mol. The van der Waals surface area contributed by atoms with Crippen molar-refractivity contribution in [1.29, 1.82) is 0 Å². The lowest BCUT2D eigenvalue weighted by Gasteiger charge is -1.97. The highest BCUT2D eigenvalue weighted by atomic mass is 79.9. The third kappa shape index (κ3) is 7.47. The van der Waals surface area contributed by atoms with E-state index in [-0.39, 0.29) is 29.8 Å². The van der Waals surface area contributed by atoms with Crippen LogP contribution in [0.25, 0.3) is 0 Å². The van der Waals surface area contributed by atoms with E-state index in [0.29, 0.717) is 49.1 Å². The molecule has 0 spiro atoms. The number of aromatic nitrogens is 2. The average Bonchev–Trinajstić information content (AvgIpc) is 2.67. The number of carbonyl (C=O) groups is 2. The molecule has 126 valence electrons. The van der Waals surface area contributed by atoms with Gasteiger partial charge in [0.2, 0.25) is 6.33 Å². The standard InChI is InChI=1S/C13H18Cl2N2O4.BrH/c14-12-13(15)17(8-4-2-6-11(20)21)9-16(12)7-3-1-5-10(18)19;/h9H,1-8H2,(H-,18,19,20,21);1H. The van der Waals surface area contributed by atoms with E-state index in [2.05, 4.69) is 0 Å². The van der Waals surface area contributed by atoms with E-state index in [1.165, 1.54) is 0 Å². The van der Waals surface area contributed by atoms with Gasteiger partial charge in [0, 0.05) is 12.8 Å². The molecule has 0 saturated carbocycles. The average molecular weight is 418 g/mol. The Morgan fingerprint density at radius 3 is 2.14 bits per heavy atom. The van der Waals surface area contributed by atoms with Gasteiger partial charge in [-0.25, -0.2) is 9.13 Å². The second-order valence-electron chi connectivity index (χ2n) is 4.79. The fourth-order valence-corrected chi connectivity index (χ4v) is 2.41. The number of rotatable bonds is 10. The molecular weight excluding hydrogens is 399 g/mol. The lowest BCUT2D eigenvalue weighted by molar-refractivity contribution is -0.694. The molecule has 22 heavy (non-hydrogen) atoms. The number of unbranched alkanes of at least 4 members (excludes halogenated alkanes) is 2. The van der Waals surface area contributed by atoms with Gasteiger partial charge in [-0.15, -0.1) is 0 Å². The minimum Gasteiger partial charge on any atom is -1.00 e. The van der Waals surface area contributed by atoms with Crippen LogP contribution in [-0.4, -0.2) is 26.7 Å². The summed E-state index contributed by atoms with van der Waals surface area (Å²) in [6.07, 6.45) is 4.64. The Bertz CT molecular complexity index is 466. The molecule has 0 aliphatic heterocycles. The number of nitrogens with zero attached hydrogens (tertiary/aromatic N) is 2. The first-order chi connectivity index (χ1) is 9.91. The number of carboxylic acid groups (broad SMARTS) is 2. The fourth-order valence-electron chi connectivity index (χ4n) is 1.94. The summed E-state index contributed by atoms with van der Waals surface area (Å²) in [7, 11) is 0. The van der Waals surface area contributed by atoms with Crippen LogP contribution >= 0.6 is 23.2 Å². The molecule has 1 heterocycles. The predicted octanol–water partition coefficient (Wildman–Crippen LogP) is -0.404. The smallest absolute Gasteiger partial charge is 0.303 e. The van der Waals surface area contributed by atoms with Crippen molar-refractivity contribution in [3.05, 3.63) is 16.6 Å². The molecule has 1 aromatic rings. The van der Waals surface area contributed by atoms with Gasteiger partial charge in [0.1, 0.15) is 0 Å². The molecular formula is C13H19BrCl2N2O4. The summed E-state index contributed by atoms with van der Waals surface area (Å²) in [4.78, 5) is 20.9. The molecule has 0 fully saturated rings.